The minimum absolute atomic E-state index is 0.0304. The first-order valence-electron chi connectivity index (χ1n) is 9.14. The molecule has 0 unspecified atom stereocenters. The van der Waals surface area contributed by atoms with Crippen LogP contribution in [-0.2, 0) is 22.4 Å². The van der Waals surface area contributed by atoms with Crippen molar-refractivity contribution in [3.63, 3.8) is 0 Å². The van der Waals surface area contributed by atoms with Crippen molar-refractivity contribution in [1.29, 1.82) is 0 Å². The van der Waals surface area contributed by atoms with Gasteiger partial charge in [-0.05, 0) is 32.6 Å². The first-order chi connectivity index (χ1) is 12.1. The highest BCUT2D eigenvalue weighted by atomic mass is 16.6. The summed E-state index contributed by atoms with van der Waals surface area (Å²) < 4.78 is 10.2. The molecule has 8 heteroatoms. The smallest absolute Gasteiger partial charge is 0.409 e. The number of ether oxygens (including phenoxy) is 1. The molecule has 140 valence electrons. The van der Waals surface area contributed by atoms with Crippen molar-refractivity contribution in [3.8, 4) is 0 Å². The van der Waals surface area contributed by atoms with Gasteiger partial charge in [0.05, 0.1) is 6.61 Å². The number of carbonyl (C=O) groups is 2. The van der Waals surface area contributed by atoms with Crippen molar-refractivity contribution in [2.45, 2.75) is 64.8 Å². The van der Waals surface area contributed by atoms with E-state index in [0.29, 0.717) is 44.8 Å². The van der Waals surface area contributed by atoms with E-state index in [1.165, 1.54) is 0 Å². The lowest BCUT2D eigenvalue weighted by molar-refractivity contribution is -0.122. The van der Waals surface area contributed by atoms with Gasteiger partial charge in [0, 0.05) is 38.4 Å². The second kappa shape index (κ2) is 10.0. The van der Waals surface area contributed by atoms with Crippen molar-refractivity contribution < 1.29 is 18.8 Å². The van der Waals surface area contributed by atoms with Gasteiger partial charge < -0.3 is 19.5 Å². The average Bonchev–Trinajstić information content (AvgIpc) is 3.03. The zero-order chi connectivity index (χ0) is 18.1. The van der Waals surface area contributed by atoms with Crippen LogP contribution in [0.2, 0.25) is 0 Å². The van der Waals surface area contributed by atoms with E-state index in [4.69, 9.17) is 9.26 Å². The summed E-state index contributed by atoms with van der Waals surface area (Å²) in [4.78, 5) is 29.7. The van der Waals surface area contributed by atoms with E-state index in [1.807, 2.05) is 0 Å². The van der Waals surface area contributed by atoms with E-state index in [-0.39, 0.29) is 18.0 Å². The van der Waals surface area contributed by atoms with Crippen molar-refractivity contribution >= 4 is 12.0 Å². The summed E-state index contributed by atoms with van der Waals surface area (Å²) in [6.45, 7) is 5.48. The van der Waals surface area contributed by atoms with Gasteiger partial charge in [0.1, 0.15) is 0 Å². The van der Waals surface area contributed by atoms with E-state index in [1.54, 1.807) is 11.8 Å². The van der Waals surface area contributed by atoms with Gasteiger partial charge in [0.25, 0.3) is 0 Å². The summed E-state index contributed by atoms with van der Waals surface area (Å²) in [7, 11) is 0. The van der Waals surface area contributed by atoms with Crippen LogP contribution in [0.15, 0.2) is 4.52 Å². The highest BCUT2D eigenvalue weighted by Crippen LogP contribution is 2.12. The molecule has 1 aliphatic heterocycles. The molecule has 1 aromatic rings. The van der Waals surface area contributed by atoms with E-state index >= 15 is 0 Å². The monoisotopic (exact) mass is 352 g/mol. The quantitative estimate of drug-likeness (QED) is 0.769. The van der Waals surface area contributed by atoms with Gasteiger partial charge in [-0.1, -0.05) is 12.1 Å². The Labute approximate surface area is 148 Å². The summed E-state index contributed by atoms with van der Waals surface area (Å²) in [6, 6.07) is 0.123. The Kier molecular flexibility index (Phi) is 7.69. The third kappa shape index (κ3) is 6.36. The van der Waals surface area contributed by atoms with Crippen LogP contribution in [0.25, 0.3) is 0 Å². The molecule has 25 heavy (non-hydrogen) atoms. The van der Waals surface area contributed by atoms with Gasteiger partial charge in [-0.3, -0.25) is 4.79 Å². The number of carbonyl (C=O) groups excluding carboxylic acids is 2. The van der Waals surface area contributed by atoms with Gasteiger partial charge in [0.2, 0.25) is 11.8 Å². The molecule has 0 aliphatic carbocycles. The van der Waals surface area contributed by atoms with Gasteiger partial charge in [-0.2, -0.15) is 4.98 Å². The molecule has 0 saturated carbocycles. The molecule has 2 heterocycles. The van der Waals surface area contributed by atoms with Crippen LogP contribution in [0.5, 0.6) is 0 Å². The SMILES string of the molecule is CCCc1noc(CCCC(=O)NC2CCN(C(=O)OCC)CC2)n1. The Bertz CT molecular complexity index is 553. The molecule has 1 N–H and O–H groups in total. The second-order valence-electron chi connectivity index (χ2n) is 6.24. The van der Waals surface area contributed by atoms with Crippen molar-refractivity contribution in [1.82, 2.24) is 20.4 Å². The predicted molar refractivity (Wildman–Crippen MR) is 91.0 cm³/mol. The van der Waals surface area contributed by atoms with E-state index in [2.05, 4.69) is 22.4 Å². The summed E-state index contributed by atoms with van der Waals surface area (Å²) in [5, 5.41) is 6.94. The molecule has 8 nitrogen and oxygen atoms in total. The Morgan fingerprint density at radius 2 is 2.04 bits per heavy atom. The Balaban J connectivity index is 1.61. The predicted octanol–water partition coefficient (Wildman–Crippen LogP) is 2.08. The van der Waals surface area contributed by atoms with Crippen LogP contribution in [0.4, 0.5) is 4.79 Å². The van der Waals surface area contributed by atoms with Crippen LogP contribution in [0.1, 0.15) is 57.7 Å². The third-order valence-electron chi connectivity index (χ3n) is 4.16. The number of hydrogen-bond acceptors (Lipinski definition) is 6. The maximum atomic E-state index is 12.0. The molecule has 2 amide bonds. The molecule has 2 rings (SSSR count). The minimum atomic E-state index is -0.269. The van der Waals surface area contributed by atoms with Gasteiger partial charge in [-0.25, -0.2) is 4.79 Å². The number of nitrogens with one attached hydrogen (secondary N) is 1. The zero-order valence-corrected chi connectivity index (χ0v) is 15.1. The van der Waals surface area contributed by atoms with Crippen LogP contribution in [0.3, 0.4) is 0 Å². The fraction of sp³-hybridized carbons (Fsp3) is 0.765. The second-order valence-corrected chi connectivity index (χ2v) is 6.24. The lowest BCUT2D eigenvalue weighted by Gasteiger charge is -2.31. The highest BCUT2D eigenvalue weighted by molar-refractivity contribution is 5.76. The fourth-order valence-electron chi connectivity index (χ4n) is 2.84. The first kappa shape index (κ1) is 19.2. The molecule has 0 bridgehead atoms. The molecule has 0 spiro atoms. The van der Waals surface area contributed by atoms with Crippen LogP contribution >= 0.6 is 0 Å². The van der Waals surface area contributed by atoms with Crippen LogP contribution < -0.4 is 5.32 Å². The molecular weight excluding hydrogens is 324 g/mol. The number of rotatable bonds is 8. The molecular formula is C17H28N4O4. The van der Waals surface area contributed by atoms with E-state index in [9.17, 15) is 9.59 Å². The Hall–Kier alpha value is -2.12. The topological polar surface area (TPSA) is 97.6 Å². The molecule has 1 aliphatic rings. The van der Waals surface area contributed by atoms with Crippen molar-refractivity contribution in [2.75, 3.05) is 19.7 Å². The van der Waals surface area contributed by atoms with Crippen molar-refractivity contribution in [3.05, 3.63) is 11.7 Å². The fourth-order valence-corrected chi connectivity index (χ4v) is 2.84. The molecule has 0 aromatic carbocycles. The number of hydrogen-bond donors (Lipinski definition) is 1. The normalized spacial score (nSPS) is 15.2. The number of likely N-dealkylation sites (tertiary alicyclic amines) is 1. The first-order valence-corrected chi connectivity index (χ1v) is 9.14. The lowest BCUT2D eigenvalue weighted by Crippen LogP contribution is -2.46. The van der Waals surface area contributed by atoms with E-state index < -0.39 is 0 Å². The lowest BCUT2D eigenvalue weighted by atomic mass is 10.1. The largest absolute Gasteiger partial charge is 0.450 e. The molecule has 1 fully saturated rings. The highest BCUT2D eigenvalue weighted by Gasteiger charge is 2.24. The zero-order valence-electron chi connectivity index (χ0n) is 15.1. The van der Waals surface area contributed by atoms with Crippen LogP contribution in [0, 0.1) is 0 Å². The number of nitrogens with zero attached hydrogens (tertiary/aromatic N) is 3. The van der Waals surface area contributed by atoms with Crippen molar-refractivity contribution in [2.24, 2.45) is 0 Å². The average molecular weight is 352 g/mol. The number of piperidine rings is 1. The van der Waals surface area contributed by atoms with Gasteiger partial charge in [0.15, 0.2) is 5.82 Å². The summed E-state index contributed by atoms with van der Waals surface area (Å²) in [5.74, 6) is 1.36. The van der Waals surface area contributed by atoms with E-state index in [0.717, 1.165) is 31.5 Å². The number of amides is 2. The summed E-state index contributed by atoms with van der Waals surface area (Å²) in [6.07, 6.45) is 4.78. The van der Waals surface area contributed by atoms with Gasteiger partial charge >= 0.3 is 6.09 Å². The number of aromatic nitrogens is 2. The van der Waals surface area contributed by atoms with Crippen LogP contribution in [-0.4, -0.2) is 52.8 Å². The molecule has 0 radical (unpaired) electrons. The summed E-state index contributed by atoms with van der Waals surface area (Å²) >= 11 is 0. The third-order valence-corrected chi connectivity index (χ3v) is 4.16. The Morgan fingerprint density at radius 3 is 2.72 bits per heavy atom. The maximum Gasteiger partial charge on any atom is 0.409 e. The van der Waals surface area contributed by atoms with Gasteiger partial charge in [-0.15, -0.1) is 0 Å². The molecule has 1 saturated heterocycles. The standard InChI is InChI=1S/C17H28N4O4/c1-3-6-14-19-16(25-20-14)8-5-7-15(22)18-13-9-11-21(12-10-13)17(23)24-4-2/h13H,3-12H2,1-2H3,(H,18,22). The molecule has 1 aromatic heterocycles. The maximum absolute atomic E-state index is 12.0. The summed E-state index contributed by atoms with van der Waals surface area (Å²) in [5.41, 5.74) is 0. The minimum Gasteiger partial charge on any atom is -0.450 e. The number of aryl methyl sites for hydroxylation is 2. The Morgan fingerprint density at radius 1 is 1.28 bits per heavy atom. The molecule has 0 atom stereocenters.